The second-order valence-electron chi connectivity index (χ2n) is 9.51. The third kappa shape index (κ3) is 9.68. The zero-order valence-corrected chi connectivity index (χ0v) is 26.2. The van der Waals surface area contributed by atoms with Crippen molar-refractivity contribution in [2.45, 2.75) is 38.5 Å². The Morgan fingerprint density at radius 1 is 0.837 bits per heavy atom. The number of phenolic OH excluding ortho intramolecular Hbond substituents is 1. The Morgan fingerprint density at radius 3 is 1.91 bits per heavy atom. The van der Waals surface area contributed by atoms with Crippen LogP contribution in [0.25, 0.3) is 0 Å². The SMILES string of the molecule is COc1ccc(NC(=O)c2ccc(Cl)cc2O)c(Nc2nc(N3CCCCC3)nc(N3CCCCC3)n2)c1.Cl.N.N.N.N.[HH].[HH].[HH].[HH]. The Labute approximate surface area is 269 Å². The van der Waals surface area contributed by atoms with Crippen LogP contribution in [-0.4, -0.2) is 59.3 Å². The van der Waals surface area contributed by atoms with Crippen molar-refractivity contribution in [2.24, 2.45) is 0 Å². The Bertz CT molecular complexity index is 1290. The molecule has 2 saturated heterocycles. The number of aromatic nitrogens is 3. The second-order valence-corrected chi connectivity index (χ2v) is 9.94. The van der Waals surface area contributed by atoms with Crippen LogP contribution >= 0.6 is 24.0 Å². The summed E-state index contributed by atoms with van der Waals surface area (Å²) in [6.07, 6.45) is 6.85. The maximum atomic E-state index is 13.0. The van der Waals surface area contributed by atoms with Gasteiger partial charge in [-0.2, -0.15) is 15.0 Å². The summed E-state index contributed by atoms with van der Waals surface area (Å²) in [4.78, 5) is 31.8. The molecular weight excluding hydrogens is 597 g/mol. The molecule has 2 aliphatic heterocycles. The normalized spacial score (nSPS) is 13.9. The number of anilines is 5. The lowest BCUT2D eigenvalue weighted by molar-refractivity contribution is 0.102. The molecule has 1 aromatic heterocycles. The number of ether oxygens (including phenoxy) is 1. The van der Waals surface area contributed by atoms with E-state index < -0.39 is 5.91 Å². The van der Waals surface area contributed by atoms with Crippen LogP contribution < -0.4 is 49.8 Å². The van der Waals surface area contributed by atoms with Gasteiger partial charge in [-0.25, -0.2) is 0 Å². The van der Waals surface area contributed by atoms with Crippen molar-refractivity contribution >= 4 is 59.1 Å². The van der Waals surface area contributed by atoms with E-state index in [1.165, 1.54) is 25.0 Å². The zero-order valence-electron chi connectivity index (χ0n) is 24.6. The van der Waals surface area contributed by atoms with Crippen LogP contribution in [0.4, 0.5) is 29.2 Å². The summed E-state index contributed by atoms with van der Waals surface area (Å²) in [6, 6.07) is 9.60. The van der Waals surface area contributed by atoms with Gasteiger partial charge in [0.05, 0.1) is 24.0 Å². The molecule has 248 valence electrons. The van der Waals surface area contributed by atoms with Crippen molar-refractivity contribution in [1.82, 2.24) is 39.6 Å². The first-order valence-electron chi connectivity index (χ1n) is 13.0. The van der Waals surface area contributed by atoms with Gasteiger partial charge in [0.1, 0.15) is 11.5 Å². The quantitative estimate of drug-likeness (QED) is 0.133. The van der Waals surface area contributed by atoms with Crippen LogP contribution in [0.5, 0.6) is 11.5 Å². The fourth-order valence-electron chi connectivity index (χ4n) is 4.75. The number of hydrogen-bond donors (Lipinski definition) is 7. The van der Waals surface area contributed by atoms with Crippen LogP contribution in [-0.2, 0) is 0 Å². The van der Waals surface area contributed by atoms with E-state index in [0.29, 0.717) is 40.0 Å². The second kappa shape index (κ2) is 18.1. The minimum Gasteiger partial charge on any atom is -0.507 e. The maximum absolute atomic E-state index is 13.0. The lowest BCUT2D eigenvalue weighted by Gasteiger charge is -2.30. The number of aromatic hydroxyl groups is 1. The van der Waals surface area contributed by atoms with E-state index in [1.807, 2.05) is 0 Å². The fraction of sp³-hybridized carbons (Fsp3) is 0.407. The van der Waals surface area contributed by atoms with Gasteiger partial charge >= 0.3 is 0 Å². The van der Waals surface area contributed by atoms with Gasteiger partial charge in [0.25, 0.3) is 5.91 Å². The van der Waals surface area contributed by atoms with Gasteiger partial charge in [0.2, 0.25) is 17.8 Å². The molecule has 5 rings (SSSR count). The van der Waals surface area contributed by atoms with Gasteiger partial charge < -0.3 is 54.9 Å². The molecule has 0 bridgehead atoms. The Kier molecular flexibility index (Phi) is 16.6. The third-order valence-corrected chi connectivity index (χ3v) is 7.05. The van der Waals surface area contributed by atoms with Gasteiger partial charge in [-0.05, 0) is 68.9 Å². The lowest BCUT2D eigenvalue weighted by atomic mass is 10.1. The number of carbonyl (C=O) groups is 1. The molecule has 2 aliphatic rings. The maximum Gasteiger partial charge on any atom is 0.259 e. The summed E-state index contributed by atoms with van der Waals surface area (Å²) in [5.74, 6) is 1.62. The minimum atomic E-state index is -0.481. The number of rotatable bonds is 7. The molecule has 43 heavy (non-hydrogen) atoms. The highest BCUT2D eigenvalue weighted by Crippen LogP contribution is 2.32. The third-order valence-electron chi connectivity index (χ3n) is 6.82. The van der Waals surface area contributed by atoms with E-state index >= 15 is 0 Å². The van der Waals surface area contributed by atoms with Gasteiger partial charge in [0, 0.05) is 43.0 Å². The molecule has 0 spiro atoms. The number of hydrogen-bond acceptors (Lipinski definition) is 13. The predicted octanol–water partition coefficient (Wildman–Crippen LogP) is 7.27. The van der Waals surface area contributed by atoms with Gasteiger partial charge in [-0.3, -0.25) is 4.79 Å². The molecule has 1 amide bonds. The molecule has 2 aromatic carbocycles. The molecule has 0 atom stereocenters. The fourth-order valence-corrected chi connectivity index (χ4v) is 4.92. The van der Waals surface area contributed by atoms with Crippen molar-refractivity contribution in [3.8, 4) is 11.5 Å². The van der Waals surface area contributed by atoms with E-state index in [4.69, 9.17) is 31.3 Å². The van der Waals surface area contributed by atoms with Crippen molar-refractivity contribution < 1.29 is 20.3 Å². The van der Waals surface area contributed by atoms with Crippen molar-refractivity contribution in [3.63, 3.8) is 0 Å². The molecule has 0 saturated carbocycles. The molecule has 16 heteroatoms. The summed E-state index contributed by atoms with van der Waals surface area (Å²) < 4.78 is 5.43. The molecule has 0 radical (unpaired) electrons. The number of piperidine rings is 2. The number of nitrogens with zero attached hydrogens (tertiary/aromatic N) is 5. The summed E-state index contributed by atoms with van der Waals surface area (Å²) in [5.41, 5.74) is 1.13. The Morgan fingerprint density at radius 2 is 1.40 bits per heavy atom. The lowest BCUT2D eigenvalue weighted by Crippen LogP contribution is -2.34. The number of halogens is 2. The average molecular weight is 651 g/mol. The first-order valence-corrected chi connectivity index (χ1v) is 13.4. The monoisotopic (exact) mass is 649 g/mol. The van der Waals surface area contributed by atoms with E-state index in [-0.39, 0.29) is 54.0 Å². The number of nitrogens with one attached hydrogen (secondary N) is 2. The van der Waals surface area contributed by atoms with Crippen molar-refractivity contribution in [2.75, 3.05) is 53.7 Å². The number of benzene rings is 2. The number of amides is 1. The van der Waals surface area contributed by atoms with Crippen LogP contribution in [0.15, 0.2) is 36.4 Å². The number of methoxy groups -OCH3 is 1. The van der Waals surface area contributed by atoms with E-state index in [0.717, 1.165) is 51.9 Å². The molecule has 0 aliphatic carbocycles. The number of phenols is 1. The van der Waals surface area contributed by atoms with E-state index in [2.05, 4.69) is 20.4 Å². The molecule has 0 unspecified atom stereocenters. The predicted molar refractivity (Wildman–Crippen MR) is 185 cm³/mol. The topological polar surface area (TPSA) is 256 Å². The van der Waals surface area contributed by atoms with Gasteiger partial charge in [-0.15, -0.1) is 12.4 Å². The minimum absolute atomic E-state index is 0. The van der Waals surface area contributed by atoms with E-state index in [9.17, 15) is 9.90 Å². The first kappa shape index (κ1) is 39.3. The Balaban J connectivity index is -0.000000653. The standard InChI is InChI=1S/C27H32ClN7O3.ClH.4H3N.4H2/c1-38-19-9-11-21(29-24(37)20-10-8-18(28)16-23(20)36)22(17-19)30-25-31-26(34-12-4-2-5-13-34)33-27(32-25)35-14-6-3-7-15-35;;;;;;;;;/h8-11,16-17,36H,2-7,12-15H2,1H3,(H,29,37)(H,30,31,32,33);1H;4*1H3;4*1H. The Hall–Kier alpha value is -3.66. The largest absolute Gasteiger partial charge is 0.507 e. The van der Waals surface area contributed by atoms with Crippen LogP contribution in [0, 0.1) is 0 Å². The van der Waals surface area contributed by atoms with Crippen molar-refractivity contribution in [3.05, 3.63) is 47.0 Å². The van der Waals surface area contributed by atoms with Crippen LogP contribution in [0.2, 0.25) is 5.02 Å². The van der Waals surface area contributed by atoms with Crippen LogP contribution in [0.3, 0.4) is 0 Å². The summed E-state index contributed by atoms with van der Waals surface area (Å²) in [7, 11) is 1.58. The highest BCUT2D eigenvalue weighted by Gasteiger charge is 2.21. The molecular formula is C27H53Cl2N11O3. The summed E-state index contributed by atoms with van der Waals surface area (Å²) >= 11 is 5.93. The summed E-state index contributed by atoms with van der Waals surface area (Å²) in [5, 5.41) is 16.7. The highest BCUT2D eigenvalue weighted by molar-refractivity contribution is 6.31. The van der Waals surface area contributed by atoms with Gasteiger partial charge in [0.15, 0.2) is 0 Å². The number of carbonyl (C=O) groups excluding carboxylic acids is 1. The smallest absolute Gasteiger partial charge is 0.259 e. The van der Waals surface area contributed by atoms with Gasteiger partial charge in [-0.1, -0.05) is 11.6 Å². The highest BCUT2D eigenvalue weighted by atomic mass is 35.5. The molecule has 3 heterocycles. The van der Waals surface area contributed by atoms with E-state index in [1.54, 1.807) is 31.4 Å². The average Bonchev–Trinajstić information content (AvgIpc) is 2.94. The van der Waals surface area contributed by atoms with Crippen molar-refractivity contribution in [1.29, 1.82) is 0 Å². The molecule has 14 nitrogen and oxygen atoms in total. The first-order chi connectivity index (χ1) is 18.5. The zero-order chi connectivity index (χ0) is 26.5. The molecule has 2 fully saturated rings. The van der Waals surface area contributed by atoms with Crippen LogP contribution in [0.1, 0.15) is 54.6 Å². The summed E-state index contributed by atoms with van der Waals surface area (Å²) in [6.45, 7) is 3.64. The molecule has 3 aromatic rings. The molecule has 15 N–H and O–H groups in total.